The first-order valence-corrected chi connectivity index (χ1v) is 9.71. The smallest absolute Gasteiger partial charge is 0.255 e. The number of carbonyl (C=O) groups is 1. The van der Waals surface area contributed by atoms with Gasteiger partial charge in [-0.15, -0.1) is 0 Å². The van der Waals surface area contributed by atoms with Crippen molar-refractivity contribution in [1.29, 1.82) is 0 Å². The zero-order chi connectivity index (χ0) is 20.4. The minimum absolute atomic E-state index is 0.0517. The Bertz CT molecular complexity index is 983. The Morgan fingerprint density at radius 2 is 1.57 bits per heavy atom. The number of hydrogen-bond acceptors (Lipinski definition) is 3. The lowest BCUT2D eigenvalue weighted by Gasteiger charge is -2.32. The first kappa shape index (κ1) is 19.9. The van der Waals surface area contributed by atoms with E-state index in [1.54, 1.807) is 7.11 Å². The van der Waals surface area contributed by atoms with Crippen molar-refractivity contribution in [2.45, 2.75) is 46.7 Å². The molecule has 0 aliphatic rings. The Morgan fingerprint density at radius 3 is 2.14 bits per heavy atom. The molecule has 0 spiro atoms. The predicted octanol–water partition coefficient (Wildman–Crippen LogP) is 5.48. The lowest BCUT2D eigenvalue weighted by molar-refractivity contribution is 0.0645. The van der Waals surface area contributed by atoms with Crippen LogP contribution in [0.25, 0.3) is 22.2 Å². The summed E-state index contributed by atoms with van der Waals surface area (Å²) in [5.41, 5.74) is 4.27. The highest BCUT2D eigenvalue weighted by molar-refractivity contribution is 6.09. The molecule has 3 aromatic rings. The molecule has 2 aromatic carbocycles. The minimum atomic E-state index is 0.0517. The fraction of sp³-hybridized carbons (Fsp3) is 0.333. The van der Waals surface area contributed by atoms with Gasteiger partial charge in [0.05, 0.1) is 23.9 Å². The van der Waals surface area contributed by atoms with Crippen LogP contribution in [0, 0.1) is 6.92 Å². The van der Waals surface area contributed by atoms with Crippen molar-refractivity contribution < 1.29 is 9.53 Å². The second-order valence-corrected chi connectivity index (χ2v) is 7.61. The Kier molecular flexibility index (Phi) is 5.68. The molecule has 0 bridgehead atoms. The van der Waals surface area contributed by atoms with Crippen molar-refractivity contribution in [2.75, 3.05) is 7.11 Å². The zero-order valence-electron chi connectivity index (χ0n) is 17.5. The highest BCUT2D eigenvalue weighted by Gasteiger charge is 2.26. The van der Waals surface area contributed by atoms with Crippen LogP contribution < -0.4 is 4.74 Å². The summed E-state index contributed by atoms with van der Waals surface area (Å²) in [5, 5.41) is 0.897. The summed E-state index contributed by atoms with van der Waals surface area (Å²) < 4.78 is 5.27. The van der Waals surface area contributed by atoms with Gasteiger partial charge in [0, 0.05) is 23.0 Å². The molecule has 0 fully saturated rings. The van der Waals surface area contributed by atoms with Gasteiger partial charge in [-0.25, -0.2) is 4.98 Å². The number of rotatable bonds is 5. The molecule has 1 heterocycles. The van der Waals surface area contributed by atoms with Gasteiger partial charge in [0.2, 0.25) is 0 Å². The largest absolute Gasteiger partial charge is 0.497 e. The number of methoxy groups -OCH3 is 1. The van der Waals surface area contributed by atoms with E-state index in [9.17, 15) is 4.79 Å². The molecule has 0 unspecified atom stereocenters. The van der Waals surface area contributed by atoms with Crippen molar-refractivity contribution >= 4 is 16.8 Å². The van der Waals surface area contributed by atoms with Gasteiger partial charge < -0.3 is 9.64 Å². The Labute approximate surface area is 167 Å². The van der Waals surface area contributed by atoms with E-state index in [0.717, 1.165) is 39.0 Å². The molecule has 1 amide bonds. The molecule has 28 heavy (non-hydrogen) atoms. The van der Waals surface area contributed by atoms with E-state index in [4.69, 9.17) is 9.72 Å². The topological polar surface area (TPSA) is 42.4 Å². The summed E-state index contributed by atoms with van der Waals surface area (Å²) >= 11 is 0. The summed E-state index contributed by atoms with van der Waals surface area (Å²) in [7, 11) is 1.65. The number of amides is 1. The van der Waals surface area contributed by atoms with Gasteiger partial charge in [0.25, 0.3) is 5.91 Å². The normalized spacial score (nSPS) is 11.3. The van der Waals surface area contributed by atoms with Crippen molar-refractivity contribution in [3.05, 3.63) is 59.7 Å². The van der Waals surface area contributed by atoms with Gasteiger partial charge in [-0.05, 0) is 70.5 Å². The molecule has 0 atom stereocenters. The van der Waals surface area contributed by atoms with E-state index in [-0.39, 0.29) is 18.0 Å². The Balaban J connectivity index is 2.26. The first-order valence-electron chi connectivity index (χ1n) is 9.71. The van der Waals surface area contributed by atoms with E-state index in [1.807, 2.05) is 60.4 Å². The van der Waals surface area contributed by atoms with Gasteiger partial charge >= 0.3 is 0 Å². The van der Waals surface area contributed by atoms with E-state index in [2.05, 4.69) is 27.7 Å². The number of ether oxygens (including phenoxy) is 1. The van der Waals surface area contributed by atoms with E-state index >= 15 is 0 Å². The molecular weight excluding hydrogens is 348 g/mol. The Morgan fingerprint density at radius 1 is 0.964 bits per heavy atom. The van der Waals surface area contributed by atoms with E-state index in [0.29, 0.717) is 0 Å². The molecule has 0 N–H and O–H groups in total. The van der Waals surface area contributed by atoms with Gasteiger partial charge in [0.1, 0.15) is 5.75 Å². The van der Waals surface area contributed by atoms with Crippen molar-refractivity contribution in [2.24, 2.45) is 0 Å². The fourth-order valence-corrected chi connectivity index (χ4v) is 3.81. The number of aromatic nitrogens is 1. The average Bonchev–Trinajstić information content (AvgIpc) is 2.67. The molecule has 0 aliphatic carbocycles. The maximum atomic E-state index is 13.6. The van der Waals surface area contributed by atoms with Crippen LogP contribution in [0.1, 0.15) is 43.6 Å². The second kappa shape index (κ2) is 8.01. The third-order valence-corrected chi connectivity index (χ3v) is 5.06. The van der Waals surface area contributed by atoms with E-state index < -0.39 is 0 Å². The van der Waals surface area contributed by atoms with Crippen molar-refractivity contribution in [3.63, 3.8) is 0 Å². The first-order chi connectivity index (χ1) is 13.3. The average molecular weight is 377 g/mol. The summed E-state index contributed by atoms with van der Waals surface area (Å²) in [6.45, 7) is 10.2. The van der Waals surface area contributed by atoms with Crippen LogP contribution in [0.4, 0.5) is 0 Å². The molecule has 4 nitrogen and oxygen atoms in total. The summed E-state index contributed by atoms with van der Waals surface area (Å²) in [6, 6.07) is 15.9. The summed E-state index contributed by atoms with van der Waals surface area (Å²) in [6.07, 6.45) is 0. The monoisotopic (exact) mass is 376 g/mol. The van der Waals surface area contributed by atoms with Crippen LogP contribution in [0.3, 0.4) is 0 Å². The van der Waals surface area contributed by atoms with Gasteiger partial charge in [-0.3, -0.25) is 4.79 Å². The third-order valence-electron chi connectivity index (χ3n) is 5.06. The van der Waals surface area contributed by atoms with Crippen molar-refractivity contribution in [3.8, 4) is 17.0 Å². The SMILES string of the molecule is COc1ccc(-c2nc3ccccc3c(C(=O)N(C(C)C)C(C)C)c2C)cc1. The lowest BCUT2D eigenvalue weighted by Crippen LogP contribution is -2.42. The molecule has 0 radical (unpaired) electrons. The number of hydrogen-bond donors (Lipinski definition) is 0. The van der Waals surface area contributed by atoms with E-state index in [1.165, 1.54) is 0 Å². The van der Waals surface area contributed by atoms with Crippen LogP contribution in [0.5, 0.6) is 5.75 Å². The number of fused-ring (bicyclic) bond motifs is 1. The quantitative estimate of drug-likeness (QED) is 0.592. The number of nitrogens with zero attached hydrogens (tertiary/aromatic N) is 2. The van der Waals surface area contributed by atoms with Crippen LogP contribution in [0.15, 0.2) is 48.5 Å². The number of carbonyl (C=O) groups excluding carboxylic acids is 1. The molecule has 1 aromatic heterocycles. The van der Waals surface area contributed by atoms with Crippen molar-refractivity contribution in [1.82, 2.24) is 9.88 Å². The molecular formula is C24H28N2O2. The summed E-state index contributed by atoms with van der Waals surface area (Å²) in [4.78, 5) is 20.4. The van der Waals surface area contributed by atoms with Crippen LogP contribution in [0.2, 0.25) is 0 Å². The van der Waals surface area contributed by atoms with Crippen LogP contribution >= 0.6 is 0 Å². The van der Waals surface area contributed by atoms with Crippen LogP contribution in [-0.2, 0) is 0 Å². The molecule has 3 rings (SSSR count). The maximum absolute atomic E-state index is 13.6. The highest BCUT2D eigenvalue weighted by atomic mass is 16.5. The number of pyridine rings is 1. The standard InChI is InChI=1S/C24H28N2O2/c1-15(2)26(16(3)4)24(27)22-17(5)23(18-11-13-19(28-6)14-12-18)25-21-10-8-7-9-20(21)22/h7-16H,1-6H3. The molecule has 0 saturated carbocycles. The number of benzene rings is 2. The van der Waals surface area contributed by atoms with Gasteiger partial charge in [-0.2, -0.15) is 0 Å². The number of para-hydroxylation sites is 1. The molecule has 4 heteroatoms. The lowest BCUT2D eigenvalue weighted by atomic mass is 9.96. The maximum Gasteiger partial charge on any atom is 0.255 e. The second-order valence-electron chi connectivity index (χ2n) is 7.61. The highest BCUT2D eigenvalue weighted by Crippen LogP contribution is 2.32. The zero-order valence-corrected chi connectivity index (χ0v) is 17.5. The van der Waals surface area contributed by atoms with Crippen LogP contribution in [-0.4, -0.2) is 35.0 Å². The predicted molar refractivity (Wildman–Crippen MR) is 115 cm³/mol. The molecule has 146 valence electrons. The molecule has 0 saturated heterocycles. The van der Waals surface area contributed by atoms with Gasteiger partial charge in [0.15, 0.2) is 0 Å². The van der Waals surface area contributed by atoms with Gasteiger partial charge in [-0.1, -0.05) is 18.2 Å². The minimum Gasteiger partial charge on any atom is -0.497 e. The Hall–Kier alpha value is -2.88. The summed E-state index contributed by atoms with van der Waals surface area (Å²) in [5.74, 6) is 0.847. The molecule has 0 aliphatic heterocycles. The third kappa shape index (κ3) is 3.59. The fourth-order valence-electron chi connectivity index (χ4n) is 3.81.